The molecule has 1 aromatic carbocycles. The van der Waals surface area contributed by atoms with Crippen molar-refractivity contribution in [3.63, 3.8) is 0 Å². The highest BCUT2D eigenvalue weighted by Crippen LogP contribution is 2.25. The molecule has 1 heterocycles. The largest absolute Gasteiger partial charge is 0.398 e. The van der Waals surface area contributed by atoms with Crippen LogP contribution in [0, 0.1) is 11.8 Å². The predicted octanol–water partition coefficient (Wildman–Crippen LogP) is 3.17. The minimum Gasteiger partial charge on any atom is -0.398 e. The maximum Gasteiger partial charge on any atom is 0.255 e. The van der Waals surface area contributed by atoms with Gasteiger partial charge in [-0.2, -0.15) is 0 Å². The van der Waals surface area contributed by atoms with E-state index >= 15 is 0 Å². The van der Waals surface area contributed by atoms with E-state index in [0.29, 0.717) is 23.1 Å². The molecule has 1 amide bonds. The van der Waals surface area contributed by atoms with Gasteiger partial charge in [0, 0.05) is 18.8 Å². The lowest BCUT2D eigenvalue weighted by Crippen LogP contribution is -2.40. The van der Waals surface area contributed by atoms with Crippen LogP contribution < -0.4 is 5.73 Å². The van der Waals surface area contributed by atoms with Gasteiger partial charge in [-0.1, -0.05) is 26.0 Å². The van der Waals surface area contributed by atoms with Gasteiger partial charge in [-0.15, -0.1) is 0 Å². The molecule has 1 unspecified atom stereocenters. The van der Waals surface area contributed by atoms with E-state index in [-0.39, 0.29) is 5.91 Å². The van der Waals surface area contributed by atoms with Gasteiger partial charge in [0.15, 0.2) is 0 Å². The number of nitrogens with two attached hydrogens (primary N) is 1. The third-order valence-electron chi connectivity index (χ3n) is 3.80. The molecule has 2 rings (SSSR count). The molecule has 1 aliphatic rings. The smallest absolute Gasteiger partial charge is 0.255 e. The number of anilines is 1. The van der Waals surface area contributed by atoms with Gasteiger partial charge in [-0.3, -0.25) is 4.79 Å². The Balaban J connectivity index is 2.05. The molecule has 1 fully saturated rings. The summed E-state index contributed by atoms with van der Waals surface area (Å²) in [7, 11) is 0. The normalized spacial score (nSPS) is 19.7. The number of para-hydroxylation sites is 1. The van der Waals surface area contributed by atoms with Crippen LogP contribution in [0.25, 0.3) is 0 Å². The molecule has 2 N–H and O–H groups in total. The summed E-state index contributed by atoms with van der Waals surface area (Å²) in [5.41, 5.74) is 7.12. The van der Waals surface area contributed by atoms with Gasteiger partial charge in [-0.25, -0.2) is 0 Å². The van der Waals surface area contributed by atoms with Crippen LogP contribution in [-0.2, 0) is 0 Å². The standard InChI is InChI=1S/C16H24N2O/c1-12(2)10-13-6-5-9-18(11-13)16(19)14-7-3-4-8-15(14)17/h3-4,7-8,12-13H,5-6,9-11,17H2,1-2H3. The highest BCUT2D eigenvalue weighted by Gasteiger charge is 2.25. The zero-order chi connectivity index (χ0) is 13.8. The number of nitrogen functional groups attached to an aromatic ring is 1. The van der Waals surface area contributed by atoms with Crippen molar-refractivity contribution >= 4 is 11.6 Å². The van der Waals surface area contributed by atoms with Crippen LogP contribution in [0.15, 0.2) is 24.3 Å². The molecule has 104 valence electrons. The fraction of sp³-hybridized carbons (Fsp3) is 0.562. The van der Waals surface area contributed by atoms with Crippen molar-refractivity contribution in [1.82, 2.24) is 4.90 Å². The molecule has 1 atom stereocenters. The van der Waals surface area contributed by atoms with E-state index in [4.69, 9.17) is 5.73 Å². The van der Waals surface area contributed by atoms with Gasteiger partial charge in [0.25, 0.3) is 5.91 Å². The molecular formula is C16H24N2O. The fourth-order valence-electron chi connectivity index (χ4n) is 2.97. The number of piperidine rings is 1. The molecular weight excluding hydrogens is 236 g/mol. The summed E-state index contributed by atoms with van der Waals surface area (Å²) in [6.07, 6.45) is 3.55. The van der Waals surface area contributed by atoms with Crippen LogP contribution in [0.4, 0.5) is 5.69 Å². The second-order valence-electron chi connectivity index (χ2n) is 5.98. The lowest BCUT2D eigenvalue weighted by molar-refractivity contribution is 0.0660. The van der Waals surface area contributed by atoms with E-state index in [0.717, 1.165) is 19.5 Å². The highest BCUT2D eigenvalue weighted by atomic mass is 16.2. The molecule has 1 saturated heterocycles. The molecule has 1 aliphatic heterocycles. The van der Waals surface area contributed by atoms with Crippen LogP contribution >= 0.6 is 0 Å². The van der Waals surface area contributed by atoms with Crippen LogP contribution in [-0.4, -0.2) is 23.9 Å². The van der Waals surface area contributed by atoms with Crippen molar-refractivity contribution in [2.75, 3.05) is 18.8 Å². The van der Waals surface area contributed by atoms with E-state index < -0.39 is 0 Å². The first-order valence-electron chi connectivity index (χ1n) is 7.21. The SMILES string of the molecule is CC(C)CC1CCCN(C(=O)c2ccccc2N)C1. The summed E-state index contributed by atoms with van der Waals surface area (Å²) in [6.45, 7) is 6.24. The maximum atomic E-state index is 12.5. The number of carbonyl (C=O) groups is 1. The number of benzene rings is 1. The molecule has 0 spiro atoms. The molecule has 3 heteroatoms. The van der Waals surface area contributed by atoms with Crippen molar-refractivity contribution in [2.45, 2.75) is 33.1 Å². The molecule has 19 heavy (non-hydrogen) atoms. The predicted molar refractivity (Wildman–Crippen MR) is 78.9 cm³/mol. The summed E-state index contributed by atoms with van der Waals surface area (Å²) in [6, 6.07) is 7.36. The van der Waals surface area contributed by atoms with Crippen molar-refractivity contribution in [2.24, 2.45) is 11.8 Å². The monoisotopic (exact) mass is 260 g/mol. The molecule has 0 radical (unpaired) electrons. The van der Waals surface area contributed by atoms with Crippen molar-refractivity contribution < 1.29 is 4.79 Å². The van der Waals surface area contributed by atoms with Crippen LogP contribution in [0.5, 0.6) is 0 Å². The summed E-state index contributed by atoms with van der Waals surface area (Å²) in [4.78, 5) is 14.5. The summed E-state index contributed by atoms with van der Waals surface area (Å²) in [5.74, 6) is 1.43. The number of nitrogens with zero attached hydrogens (tertiary/aromatic N) is 1. The second kappa shape index (κ2) is 6.09. The van der Waals surface area contributed by atoms with Crippen LogP contribution in [0.3, 0.4) is 0 Å². The van der Waals surface area contributed by atoms with Crippen molar-refractivity contribution in [1.29, 1.82) is 0 Å². The third kappa shape index (κ3) is 3.49. The summed E-state index contributed by atoms with van der Waals surface area (Å²) >= 11 is 0. The minimum absolute atomic E-state index is 0.0894. The molecule has 0 bridgehead atoms. The van der Waals surface area contributed by atoms with Crippen LogP contribution in [0.1, 0.15) is 43.5 Å². The van der Waals surface area contributed by atoms with Gasteiger partial charge in [0.1, 0.15) is 0 Å². The first-order chi connectivity index (χ1) is 9.08. The van der Waals surface area contributed by atoms with E-state index in [2.05, 4.69) is 13.8 Å². The maximum absolute atomic E-state index is 12.5. The second-order valence-corrected chi connectivity index (χ2v) is 5.98. The topological polar surface area (TPSA) is 46.3 Å². The Hall–Kier alpha value is -1.51. The zero-order valence-electron chi connectivity index (χ0n) is 11.9. The molecule has 0 aliphatic carbocycles. The Labute approximate surface area is 115 Å². The van der Waals surface area contributed by atoms with E-state index in [1.54, 1.807) is 6.07 Å². The summed E-state index contributed by atoms with van der Waals surface area (Å²) in [5, 5.41) is 0. The zero-order valence-corrected chi connectivity index (χ0v) is 11.9. The Morgan fingerprint density at radius 1 is 1.42 bits per heavy atom. The number of hydrogen-bond donors (Lipinski definition) is 1. The number of carbonyl (C=O) groups excluding carboxylic acids is 1. The average Bonchev–Trinajstić information content (AvgIpc) is 2.38. The van der Waals surface area contributed by atoms with Crippen molar-refractivity contribution in [3.05, 3.63) is 29.8 Å². The molecule has 0 saturated carbocycles. The lowest BCUT2D eigenvalue weighted by Gasteiger charge is -2.33. The number of likely N-dealkylation sites (tertiary alicyclic amines) is 1. The molecule has 1 aromatic rings. The third-order valence-corrected chi connectivity index (χ3v) is 3.80. The number of rotatable bonds is 3. The quantitative estimate of drug-likeness (QED) is 0.848. The Morgan fingerprint density at radius 2 is 2.16 bits per heavy atom. The Morgan fingerprint density at radius 3 is 2.84 bits per heavy atom. The van der Waals surface area contributed by atoms with Gasteiger partial charge in [-0.05, 0) is 43.2 Å². The lowest BCUT2D eigenvalue weighted by atomic mass is 9.89. The molecule has 0 aromatic heterocycles. The van der Waals surface area contributed by atoms with Gasteiger partial charge < -0.3 is 10.6 Å². The summed E-state index contributed by atoms with van der Waals surface area (Å²) < 4.78 is 0. The first-order valence-corrected chi connectivity index (χ1v) is 7.21. The average molecular weight is 260 g/mol. The Kier molecular flexibility index (Phi) is 4.46. The van der Waals surface area contributed by atoms with Gasteiger partial charge in [0.2, 0.25) is 0 Å². The minimum atomic E-state index is 0.0894. The van der Waals surface area contributed by atoms with Crippen molar-refractivity contribution in [3.8, 4) is 0 Å². The number of hydrogen-bond acceptors (Lipinski definition) is 2. The van der Waals surface area contributed by atoms with Gasteiger partial charge >= 0.3 is 0 Å². The first kappa shape index (κ1) is 13.9. The fourth-order valence-corrected chi connectivity index (χ4v) is 2.97. The van der Waals surface area contributed by atoms with Gasteiger partial charge in [0.05, 0.1) is 5.56 Å². The van der Waals surface area contributed by atoms with Crippen LogP contribution in [0.2, 0.25) is 0 Å². The highest BCUT2D eigenvalue weighted by molar-refractivity contribution is 5.99. The molecule has 3 nitrogen and oxygen atoms in total. The van der Waals surface area contributed by atoms with E-state index in [1.165, 1.54) is 12.8 Å². The van der Waals surface area contributed by atoms with E-state index in [1.807, 2.05) is 23.1 Å². The van der Waals surface area contributed by atoms with E-state index in [9.17, 15) is 4.79 Å². The number of amides is 1. The Bertz CT molecular complexity index is 442.